The van der Waals surface area contributed by atoms with E-state index < -0.39 is 0 Å². The molecule has 8 heteroatoms. The van der Waals surface area contributed by atoms with Crippen LogP contribution in [0.25, 0.3) is 0 Å². The van der Waals surface area contributed by atoms with Gasteiger partial charge in [0.2, 0.25) is 0 Å². The highest BCUT2D eigenvalue weighted by Gasteiger charge is 2.09. The van der Waals surface area contributed by atoms with Gasteiger partial charge in [-0.25, -0.2) is 0 Å². The van der Waals surface area contributed by atoms with Crippen molar-refractivity contribution in [1.82, 2.24) is 15.5 Å². The molecule has 0 aliphatic carbocycles. The lowest BCUT2D eigenvalue weighted by Crippen LogP contribution is -2.26. The van der Waals surface area contributed by atoms with E-state index in [-0.39, 0.29) is 11.6 Å². The van der Waals surface area contributed by atoms with Crippen LogP contribution >= 0.6 is 23.2 Å². The SMILES string of the molecule is O=C(NCCc1ccc(Cl)cc1Cl)c1ccc(NCc2ccco2)nn1. The van der Waals surface area contributed by atoms with Gasteiger partial charge in [0.05, 0.1) is 12.8 Å². The predicted molar refractivity (Wildman–Crippen MR) is 101 cm³/mol. The number of carbonyl (C=O) groups is 1. The Hall–Kier alpha value is -2.57. The topological polar surface area (TPSA) is 80.0 Å². The standard InChI is InChI=1S/C18H16Cl2N4O2/c19-13-4-3-12(15(20)10-13)7-8-21-18(25)16-5-6-17(24-23-16)22-11-14-2-1-9-26-14/h1-6,9-10H,7-8,11H2,(H,21,25)(H,22,24). The lowest BCUT2D eigenvalue weighted by Gasteiger charge is -2.07. The highest BCUT2D eigenvalue weighted by atomic mass is 35.5. The summed E-state index contributed by atoms with van der Waals surface area (Å²) in [5.74, 6) is 1.06. The Morgan fingerprint density at radius 3 is 2.69 bits per heavy atom. The summed E-state index contributed by atoms with van der Waals surface area (Å²) in [6.07, 6.45) is 2.20. The summed E-state index contributed by atoms with van der Waals surface area (Å²) in [5, 5.41) is 14.9. The molecule has 0 unspecified atom stereocenters. The average Bonchev–Trinajstić information content (AvgIpc) is 3.16. The highest BCUT2D eigenvalue weighted by molar-refractivity contribution is 6.35. The van der Waals surface area contributed by atoms with Crippen LogP contribution in [0, 0.1) is 0 Å². The number of benzene rings is 1. The highest BCUT2D eigenvalue weighted by Crippen LogP contribution is 2.21. The van der Waals surface area contributed by atoms with Crippen molar-refractivity contribution in [2.45, 2.75) is 13.0 Å². The quantitative estimate of drug-likeness (QED) is 0.637. The van der Waals surface area contributed by atoms with Gasteiger partial charge in [-0.15, -0.1) is 10.2 Å². The number of amides is 1. The zero-order valence-electron chi connectivity index (χ0n) is 13.7. The molecule has 1 aromatic carbocycles. The fraction of sp³-hybridized carbons (Fsp3) is 0.167. The molecular formula is C18H16Cl2N4O2. The molecule has 0 radical (unpaired) electrons. The smallest absolute Gasteiger partial charge is 0.271 e. The number of hydrogen-bond acceptors (Lipinski definition) is 5. The van der Waals surface area contributed by atoms with Crippen molar-refractivity contribution in [1.29, 1.82) is 0 Å². The Labute approximate surface area is 160 Å². The molecule has 0 aliphatic rings. The molecule has 0 saturated carbocycles. The average molecular weight is 391 g/mol. The van der Waals surface area contributed by atoms with Gasteiger partial charge in [0.1, 0.15) is 11.6 Å². The molecule has 26 heavy (non-hydrogen) atoms. The van der Waals surface area contributed by atoms with E-state index in [1.807, 2.05) is 18.2 Å². The Kier molecular flexibility index (Phi) is 6.09. The minimum absolute atomic E-state index is 0.246. The Morgan fingerprint density at radius 1 is 1.12 bits per heavy atom. The molecule has 3 aromatic rings. The summed E-state index contributed by atoms with van der Waals surface area (Å²) in [6.45, 7) is 0.926. The molecule has 0 aliphatic heterocycles. The minimum Gasteiger partial charge on any atom is -0.467 e. The largest absolute Gasteiger partial charge is 0.467 e. The molecule has 0 atom stereocenters. The molecule has 0 spiro atoms. The van der Waals surface area contributed by atoms with Crippen molar-refractivity contribution < 1.29 is 9.21 Å². The van der Waals surface area contributed by atoms with E-state index in [0.29, 0.717) is 35.4 Å². The number of hydrogen-bond donors (Lipinski definition) is 2. The van der Waals surface area contributed by atoms with Gasteiger partial charge in [-0.05, 0) is 48.4 Å². The van der Waals surface area contributed by atoms with Crippen LogP contribution in [-0.2, 0) is 13.0 Å². The normalized spacial score (nSPS) is 10.5. The fourth-order valence-electron chi connectivity index (χ4n) is 2.26. The predicted octanol–water partition coefficient (Wildman–Crippen LogP) is 3.96. The first-order valence-corrected chi connectivity index (χ1v) is 8.69. The number of aromatic nitrogens is 2. The lowest BCUT2D eigenvalue weighted by atomic mass is 10.1. The van der Waals surface area contributed by atoms with Gasteiger partial charge < -0.3 is 15.1 Å². The first kappa shape index (κ1) is 18.2. The van der Waals surface area contributed by atoms with Crippen molar-refractivity contribution in [3.63, 3.8) is 0 Å². The van der Waals surface area contributed by atoms with Crippen LogP contribution in [-0.4, -0.2) is 22.6 Å². The monoisotopic (exact) mass is 390 g/mol. The number of nitrogens with one attached hydrogen (secondary N) is 2. The van der Waals surface area contributed by atoms with Gasteiger partial charge in [0, 0.05) is 16.6 Å². The number of rotatable bonds is 7. The van der Waals surface area contributed by atoms with E-state index >= 15 is 0 Å². The molecule has 3 rings (SSSR count). The fourth-order valence-corrected chi connectivity index (χ4v) is 2.77. The first-order valence-electron chi connectivity index (χ1n) is 7.94. The van der Waals surface area contributed by atoms with Gasteiger partial charge in [0.15, 0.2) is 5.69 Å². The number of nitrogens with zero attached hydrogens (tertiary/aromatic N) is 2. The van der Waals surface area contributed by atoms with Crippen molar-refractivity contribution >= 4 is 34.9 Å². The number of carbonyl (C=O) groups excluding carboxylic acids is 1. The zero-order chi connectivity index (χ0) is 18.4. The second-order valence-corrected chi connectivity index (χ2v) is 6.32. The number of halogens is 2. The lowest BCUT2D eigenvalue weighted by molar-refractivity contribution is 0.0948. The molecule has 0 fully saturated rings. The van der Waals surface area contributed by atoms with E-state index in [9.17, 15) is 4.79 Å². The van der Waals surface area contributed by atoms with Gasteiger partial charge in [-0.2, -0.15) is 0 Å². The van der Waals surface area contributed by atoms with Gasteiger partial charge in [-0.1, -0.05) is 29.3 Å². The van der Waals surface area contributed by atoms with Crippen molar-refractivity contribution in [2.24, 2.45) is 0 Å². The minimum atomic E-state index is -0.292. The zero-order valence-corrected chi connectivity index (χ0v) is 15.2. The maximum absolute atomic E-state index is 12.1. The Balaban J connectivity index is 1.48. The number of anilines is 1. The second-order valence-electron chi connectivity index (χ2n) is 5.48. The first-order chi connectivity index (χ1) is 12.6. The van der Waals surface area contributed by atoms with Crippen LogP contribution < -0.4 is 10.6 Å². The summed E-state index contributed by atoms with van der Waals surface area (Å²) in [5.41, 5.74) is 1.16. The molecule has 2 N–H and O–H groups in total. The maximum Gasteiger partial charge on any atom is 0.271 e. The van der Waals surface area contributed by atoms with E-state index in [1.165, 1.54) is 0 Å². The summed E-state index contributed by atoms with van der Waals surface area (Å²) in [7, 11) is 0. The van der Waals surface area contributed by atoms with Crippen molar-refractivity contribution in [3.05, 3.63) is 75.8 Å². The molecule has 0 saturated heterocycles. The van der Waals surface area contributed by atoms with E-state index in [0.717, 1.165) is 11.3 Å². The van der Waals surface area contributed by atoms with Crippen LogP contribution in [0.1, 0.15) is 21.8 Å². The van der Waals surface area contributed by atoms with Crippen LogP contribution in [0.15, 0.2) is 53.1 Å². The number of furan rings is 1. The summed E-state index contributed by atoms with van der Waals surface area (Å²) in [6, 6.07) is 12.3. The van der Waals surface area contributed by atoms with Crippen LogP contribution in [0.5, 0.6) is 0 Å². The summed E-state index contributed by atoms with van der Waals surface area (Å²) in [4.78, 5) is 12.1. The molecule has 2 aromatic heterocycles. The van der Waals surface area contributed by atoms with Crippen LogP contribution in [0.3, 0.4) is 0 Å². The van der Waals surface area contributed by atoms with E-state index in [4.69, 9.17) is 27.6 Å². The molecule has 6 nitrogen and oxygen atoms in total. The van der Waals surface area contributed by atoms with Gasteiger partial charge in [-0.3, -0.25) is 4.79 Å². The molecule has 1 amide bonds. The Morgan fingerprint density at radius 2 is 2.00 bits per heavy atom. The van der Waals surface area contributed by atoms with E-state index in [1.54, 1.807) is 30.5 Å². The summed E-state index contributed by atoms with van der Waals surface area (Å²) < 4.78 is 5.22. The third-order valence-electron chi connectivity index (χ3n) is 3.62. The third-order valence-corrected chi connectivity index (χ3v) is 4.20. The second kappa shape index (κ2) is 8.69. The van der Waals surface area contributed by atoms with Crippen molar-refractivity contribution in [2.75, 3.05) is 11.9 Å². The van der Waals surface area contributed by atoms with Gasteiger partial charge >= 0.3 is 0 Å². The third kappa shape index (κ3) is 4.97. The molecule has 0 bridgehead atoms. The Bertz CT molecular complexity index is 867. The van der Waals surface area contributed by atoms with Crippen molar-refractivity contribution in [3.8, 4) is 0 Å². The van der Waals surface area contributed by atoms with Crippen LogP contribution in [0.2, 0.25) is 10.0 Å². The van der Waals surface area contributed by atoms with E-state index in [2.05, 4.69) is 20.8 Å². The molecule has 2 heterocycles. The van der Waals surface area contributed by atoms with Crippen LogP contribution in [0.4, 0.5) is 5.82 Å². The maximum atomic E-state index is 12.1. The van der Waals surface area contributed by atoms with Gasteiger partial charge in [0.25, 0.3) is 5.91 Å². The molecule has 134 valence electrons. The molecular weight excluding hydrogens is 375 g/mol. The summed E-state index contributed by atoms with van der Waals surface area (Å²) >= 11 is 12.0.